The van der Waals surface area contributed by atoms with E-state index in [1.807, 2.05) is 30.5 Å². The smallest absolute Gasteiger partial charge is 0.183 e. The molecule has 0 atom stereocenters. The third-order valence-corrected chi connectivity index (χ3v) is 9.74. The predicted octanol–water partition coefficient (Wildman–Crippen LogP) is 5.71. The minimum atomic E-state index is -0.392. The third kappa shape index (κ3) is 3.10. The number of nitrogens with zero attached hydrogens (tertiary/aromatic N) is 8. The van der Waals surface area contributed by atoms with E-state index in [1.54, 1.807) is 6.20 Å². The molecule has 202 valence electrons. The van der Waals surface area contributed by atoms with E-state index < -0.39 is 5.41 Å². The summed E-state index contributed by atoms with van der Waals surface area (Å²) in [7, 11) is 0. The van der Waals surface area contributed by atoms with Crippen molar-refractivity contribution in [3.05, 3.63) is 47.9 Å². The van der Waals surface area contributed by atoms with Crippen molar-refractivity contribution in [3.8, 4) is 11.3 Å². The molecule has 10 heteroatoms. The number of aromatic nitrogens is 3. The summed E-state index contributed by atoms with van der Waals surface area (Å²) >= 11 is 0. The van der Waals surface area contributed by atoms with Crippen LogP contribution in [0.4, 0.5) is 11.6 Å². The Morgan fingerprint density at radius 3 is 1.95 bits per heavy atom. The van der Waals surface area contributed by atoms with Crippen molar-refractivity contribution in [1.29, 1.82) is 0 Å². The summed E-state index contributed by atoms with van der Waals surface area (Å²) in [5.41, 5.74) is 1.62. The van der Waals surface area contributed by atoms with E-state index in [-0.39, 0.29) is 16.2 Å². The predicted molar refractivity (Wildman–Crippen MR) is 160 cm³/mol. The average Bonchev–Trinajstić information content (AvgIpc) is 3.52. The zero-order valence-electron chi connectivity index (χ0n) is 24.0. The molecule has 8 bridgehead atoms. The summed E-state index contributed by atoms with van der Waals surface area (Å²) in [5, 5.41) is 3.65. The second-order valence-corrected chi connectivity index (χ2v) is 12.9. The van der Waals surface area contributed by atoms with Crippen LogP contribution in [0.5, 0.6) is 0 Å². The minimum Gasteiger partial charge on any atom is -0.358 e. The first-order valence-corrected chi connectivity index (χ1v) is 13.6. The second kappa shape index (κ2) is 7.65. The molecule has 0 fully saturated rings. The van der Waals surface area contributed by atoms with Crippen LogP contribution >= 0.6 is 0 Å². The molecule has 10 nitrogen and oxygen atoms in total. The lowest BCUT2D eigenvalue weighted by atomic mass is 9.67. The van der Waals surface area contributed by atoms with Gasteiger partial charge in [-0.25, -0.2) is 34.9 Å². The van der Waals surface area contributed by atoms with Crippen molar-refractivity contribution in [2.75, 3.05) is 0 Å². The molecule has 2 N–H and O–H groups in total. The normalized spacial score (nSPS) is 22.9. The molecule has 0 saturated carbocycles. The molecule has 0 aliphatic carbocycles. The van der Waals surface area contributed by atoms with Gasteiger partial charge in [-0.1, -0.05) is 55.4 Å². The zero-order valence-corrected chi connectivity index (χ0v) is 24.0. The number of H-pyrrole nitrogens is 1. The Morgan fingerprint density at radius 2 is 1.25 bits per heavy atom. The summed E-state index contributed by atoms with van der Waals surface area (Å²) in [5.74, 6) is 5.08. The molecule has 6 aliphatic rings. The van der Waals surface area contributed by atoms with E-state index in [0.717, 1.165) is 28.5 Å². The first-order valence-electron chi connectivity index (χ1n) is 13.6. The molecule has 0 spiro atoms. The minimum absolute atomic E-state index is 0.353. The Balaban J connectivity index is 1.54. The molecule has 0 unspecified atom stereocenters. The van der Waals surface area contributed by atoms with E-state index in [0.29, 0.717) is 40.7 Å². The number of hydrogen-bond donors (Lipinski definition) is 2. The highest BCUT2D eigenvalue weighted by Crippen LogP contribution is 2.50. The number of amidine groups is 6. The highest BCUT2D eigenvalue weighted by atomic mass is 15.2. The fourth-order valence-electron chi connectivity index (χ4n) is 5.36. The van der Waals surface area contributed by atoms with Gasteiger partial charge in [0.05, 0.1) is 5.69 Å². The van der Waals surface area contributed by atoms with Crippen molar-refractivity contribution in [2.24, 2.45) is 51.6 Å². The van der Waals surface area contributed by atoms with Gasteiger partial charge in [-0.05, 0) is 24.3 Å². The highest BCUT2D eigenvalue weighted by Gasteiger charge is 2.55. The fourth-order valence-corrected chi connectivity index (χ4v) is 5.36. The summed E-state index contributed by atoms with van der Waals surface area (Å²) < 4.78 is 0. The van der Waals surface area contributed by atoms with Crippen molar-refractivity contribution in [2.45, 2.75) is 55.4 Å². The van der Waals surface area contributed by atoms with Crippen LogP contribution in [0.15, 0.2) is 66.6 Å². The summed E-state index contributed by atoms with van der Waals surface area (Å²) in [6, 6.07) is 7.78. The molecule has 7 heterocycles. The molecule has 0 aromatic carbocycles. The monoisotopic (exact) mass is 532 g/mol. The maximum atomic E-state index is 5.08. The number of pyridine rings is 2. The van der Waals surface area contributed by atoms with Crippen molar-refractivity contribution in [1.82, 2.24) is 20.3 Å². The number of fused-ring (bicyclic) bond motifs is 11. The van der Waals surface area contributed by atoms with E-state index in [1.165, 1.54) is 0 Å². The summed E-state index contributed by atoms with van der Waals surface area (Å²) in [6.45, 7) is 17.4. The van der Waals surface area contributed by atoms with Crippen LogP contribution in [-0.2, 0) is 0 Å². The number of rotatable bonds is 0. The van der Waals surface area contributed by atoms with Gasteiger partial charge in [0.2, 0.25) is 0 Å². The van der Waals surface area contributed by atoms with Crippen molar-refractivity contribution < 1.29 is 0 Å². The molecule has 1 aromatic rings. The fraction of sp³-hybridized carbons (Fsp3) is 0.400. The summed E-state index contributed by atoms with van der Waals surface area (Å²) in [6.07, 6.45) is 3.60. The van der Waals surface area contributed by atoms with Crippen LogP contribution in [0.25, 0.3) is 11.3 Å². The van der Waals surface area contributed by atoms with Crippen molar-refractivity contribution >= 4 is 46.6 Å². The zero-order chi connectivity index (χ0) is 28.2. The molecule has 7 rings (SSSR count). The molecular weight excluding hydrogens is 500 g/mol. The van der Waals surface area contributed by atoms with Crippen molar-refractivity contribution in [3.63, 3.8) is 0 Å². The SMILES string of the molecule is CC1(C)C2=NC3=NC(=Nc4nc(c5ccc[nH]c4-5)N=C4N=C(NC(=N2)C1(C)C)C(C)(C)C4(C)C)c1ncccc13. The van der Waals surface area contributed by atoms with Gasteiger partial charge >= 0.3 is 0 Å². The van der Waals surface area contributed by atoms with Crippen LogP contribution in [0, 0.1) is 21.7 Å². The van der Waals surface area contributed by atoms with Gasteiger partial charge in [-0.2, -0.15) is 0 Å². The van der Waals surface area contributed by atoms with Crippen LogP contribution in [-0.4, -0.2) is 50.0 Å². The number of aromatic amines is 1. The maximum absolute atomic E-state index is 5.08. The molecule has 1 aromatic heterocycles. The first kappa shape index (κ1) is 24.7. The Bertz CT molecular complexity index is 1770. The van der Waals surface area contributed by atoms with E-state index in [2.05, 4.69) is 70.7 Å². The molecular formula is C30H32N10. The second-order valence-electron chi connectivity index (χ2n) is 12.9. The van der Waals surface area contributed by atoms with E-state index >= 15 is 0 Å². The van der Waals surface area contributed by atoms with Gasteiger partial charge in [0.15, 0.2) is 23.3 Å². The molecule has 0 radical (unpaired) electrons. The maximum Gasteiger partial charge on any atom is 0.183 e. The quantitative estimate of drug-likeness (QED) is 0.385. The number of nitrogens with one attached hydrogen (secondary N) is 2. The Kier molecular flexibility index (Phi) is 4.72. The van der Waals surface area contributed by atoms with Crippen LogP contribution in [0.3, 0.4) is 0 Å². The first-order chi connectivity index (χ1) is 18.8. The number of aliphatic imine (C=N–C) groups is 6. The lowest BCUT2D eigenvalue weighted by Crippen LogP contribution is -2.50. The number of hydrogen-bond acceptors (Lipinski definition) is 9. The highest BCUT2D eigenvalue weighted by molar-refractivity contribution is 6.27. The topological polar surface area (TPSA) is 128 Å². The lowest BCUT2D eigenvalue weighted by Gasteiger charge is -2.38. The molecule has 0 amide bonds. The Morgan fingerprint density at radius 1 is 0.600 bits per heavy atom. The van der Waals surface area contributed by atoms with Gasteiger partial charge in [0.25, 0.3) is 0 Å². The van der Waals surface area contributed by atoms with Gasteiger partial charge in [0, 0.05) is 45.2 Å². The van der Waals surface area contributed by atoms with Crippen LogP contribution in [0.1, 0.15) is 66.6 Å². The van der Waals surface area contributed by atoms with Crippen LogP contribution < -0.4 is 5.32 Å². The van der Waals surface area contributed by atoms with E-state index in [4.69, 9.17) is 34.9 Å². The molecule has 40 heavy (non-hydrogen) atoms. The Labute approximate surface area is 233 Å². The summed E-state index contributed by atoms with van der Waals surface area (Å²) in [4.78, 5) is 42.8. The third-order valence-electron chi connectivity index (χ3n) is 9.74. The Hall–Kier alpha value is -4.34. The van der Waals surface area contributed by atoms with Gasteiger partial charge in [-0.3, -0.25) is 4.98 Å². The standard InChI is InChI=1S/C30H32N10/c1-27(2)23-36-19-15-11-9-13-31-17(15)21(33-19)35-22-18-16(12-10-14-32-18)20(34-22)37-24-28(3,4)30(7,8)26(39-24)40-25(38-23)29(27,5)6/h9-14,31H,1-8H3,(H,33,34,35,36,37,38,39,40). The lowest BCUT2D eigenvalue weighted by molar-refractivity contribution is 0.284. The van der Waals surface area contributed by atoms with Gasteiger partial charge < -0.3 is 10.3 Å². The van der Waals surface area contributed by atoms with Gasteiger partial charge in [0.1, 0.15) is 29.0 Å². The average molecular weight is 533 g/mol. The van der Waals surface area contributed by atoms with Crippen LogP contribution in [0.2, 0.25) is 0 Å². The van der Waals surface area contributed by atoms with Gasteiger partial charge in [-0.15, -0.1) is 0 Å². The molecule has 6 aliphatic heterocycles. The largest absolute Gasteiger partial charge is 0.358 e. The molecule has 0 saturated heterocycles. The van der Waals surface area contributed by atoms with E-state index in [9.17, 15) is 0 Å².